The summed E-state index contributed by atoms with van der Waals surface area (Å²) in [5, 5.41) is 14.2. The second kappa shape index (κ2) is 6.92. The third kappa shape index (κ3) is 6.23. The summed E-state index contributed by atoms with van der Waals surface area (Å²) in [5.41, 5.74) is 0. The summed E-state index contributed by atoms with van der Waals surface area (Å²) < 4.78 is 22.2. The molecule has 8 heteroatoms. The lowest BCUT2D eigenvalue weighted by molar-refractivity contribution is -0.142. The second-order valence-electron chi connectivity index (χ2n) is 5.50. The van der Waals surface area contributed by atoms with Crippen LogP contribution in [0.1, 0.15) is 32.6 Å². The van der Waals surface area contributed by atoms with Gasteiger partial charge in [-0.15, -0.1) is 0 Å². The highest BCUT2D eigenvalue weighted by atomic mass is 32.2. The number of carbonyl (C=O) groups excluding carboxylic acids is 1. The zero-order chi connectivity index (χ0) is 15.3. The van der Waals surface area contributed by atoms with Crippen LogP contribution in [0.3, 0.4) is 0 Å². The lowest BCUT2D eigenvalue weighted by atomic mass is 9.86. The monoisotopic (exact) mass is 306 g/mol. The van der Waals surface area contributed by atoms with E-state index in [2.05, 4.69) is 10.6 Å². The van der Waals surface area contributed by atoms with Crippen molar-refractivity contribution in [3.05, 3.63) is 0 Å². The number of hydrogen-bond acceptors (Lipinski definition) is 4. The van der Waals surface area contributed by atoms with Crippen LogP contribution in [0.15, 0.2) is 0 Å². The fraction of sp³-hybridized carbons (Fsp3) is 0.833. The lowest BCUT2D eigenvalue weighted by Crippen LogP contribution is -2.48. The number of sulfone groups is 1. The van der Waals surface area contributed by atoms with Gasteiger partial charge in [-0.3, -0.25) is 4.79 Å². The minimum Gasteiger partial charge on any atom is -0.481 e. The number of carboxylic acid groups (broad SMARTS) is 1. The molecule has 0 bridgehead atoms. The van der Waals surface area contributed by atoms with E-state index in [1.54, 1.807) is 6.92 Å². The Morgan fingerprint density at radius 3 is 2.25 bits per heavy atom. The average Bonchev–Trinajstić information content (AvgIpc) is 2.26. The molecule has 1 fully saturated rings. The molecule has 0 heterocycles. The van der Waals surface area contributed by atoms with Gasteiger partial charge in [0.15, 0.2) is 0 Å². The van der Waals surface area contributed by atoms with Crippen molar-refractivity contribution in [2.45, 2.75) is 44.7 Å². The number of aliphatic carboxylic acids is 1. The molecule has 0 aromatic carbocycles. The van der Waals surface area contributed by atoms with Gasteiger partial charge in [-0.05, 0) is 32.6 Å². The van der Waals surface area contributed by atoms with Crippen LogP contribution < -0.4 is 10.6 Å². The first-order chi connectivity index (χ1) is 9.17. The highest BCUT2D eigenvalue weighted by Crippen LogP contribution is 2.24. The first kappa shape index (κ1) is 16.7. The molecule has 1 saturated carbocycles. The van der Waals surface area contributed by atoms with Gasteiger partial charge in [0.05, 0.1) is 11.7 Å². The molecular formula is C12H22N2O5S. The Hall–Kier alpha value is -1.31. The molecular weight excluding hydrogens is 284 g/mol. The van der Waals surface area contributed by atoms with Crippen LogP contribution in [0.2, 0.25) is 0 Å². The molecule has 0 aromatic rings. The number of hydrogen-bond donors (Lipinski definition) is 3. The maximum Gasteiger partial charge on any atom is 0.315 e. The molecule has 7 nitrogen and oxygen atoms in total. The Balaban J connectivity index is 2.32. The van der Waals surface area contributed by atoms with Crippen LogP contribution in [0.25, 0.3) is 0 Å². The predicted molar refractivity (Wildman–Crippen MR) is 74.2 cm³/mol. The normalized spacial score (nSPS) is 24.7. The minimum absolute atomic E-state index is 0.0453. The average molecular weight is 306 g/mol. The molecule has 116 valence electrons. The molecule has 0 radical (unpaired) electrons. The second-order valence-corrected chi connectivity index (χ2v) is 7.68. The van der Waals surface area contributed by atoms with Gasteiger partial charge in [0.25, 0.3) is 0 Å². The Labute approximate surface area is 119 Å². The van der Waals surface area contributed by atoms with E-state index in [1.807, 2.05) is 0 Å². The van der Waals surface area contributed by atoms with Crippen molar-refractivity contribution in [2.75, 3.05) is 12.0 Å². The third-order valence-corrected chi connectivity index (χ3v) is 4.45. The van der Waals surface area contributed by atoms with Crippen molar-refractivity contribution in [1.29, 1.82) is 0 Å². The van der Waals surface area contributed by atoms with Crippen molar-refractivity contribution in [3.63, 3.8) is 0 Å². The molecule has 1 aliphatic rings. The SMILES string of the molecule is CC(CS(C)(=O)=O)NC(=O)NC1CCC(C(=O)O)CC1. The van der Waals surface area contributed by atoms with Gasteiger partial charge in [0.2, 0.25) is 0 Å². The molecule has 1 rings (SSSR count). The summed E-state index contributed by atoms with van der Waals surface area (Å²) in [6.45, 7) is 1.63. The van der Waals surface area contributed by atoms with Crippen LogP contribution in [0, 0.1) is 5.92 Å². The Kier molecular flexibility index (Phi) is 5.79. The molecule has 0 aliphatic heterocycles. The minimum atomic E-state index is -3.13. The largest absolute Gasteiger partial charge is 0.481 e. The zero-order valence-corrected chi connectivity index (χ0v) is 12.6. The van der Waals surface area contributed by atoms with Crippen molar-refractivity contribution in [3.8, 4) is 0 Å². The van der Waals surface area contributed by atoms with Gasteiger partial charge >= 0.3 is 12.0 Å². The van der Waals surface area contributed by atoms with Crippen LogP contribution >= 0.6 is 0 Å². The molecule has 0 aromatic heterocycles. The molecule has 20 heavy (non-hydrogen) atoms. The van der Waals surface area contributed by atoms with E-state index in [0.29, 0.717) is 25.7 Å². The summed E-state index contributed by atoms with van der Waals surface area (Å²) >= 11 is 0. The molecule has 0 spiro atoms. The van der Waals surface area contributed by atoms with E-state index >= 15 is 0 Å². The van der Waals surface area contributed by atoms with Crippen LogP contribution in [-0.4, -0.2) is 49.6 Å². The summed E-state index contributed by atoms with van der Waals surface area (Å²) in [4.78, 5) is 22.5. The number of carboxylic acids is 1. The number of amides is 2. The summed E-state index contributed by atoms with van der Waals surface area (Å²) in [7, 11) is -3.13. The first-order valence-corrected chi connectivity index (χ1v) is 8.71. The van der Waals surface area contributed by atoms with Crippen molar-refractivity contribution < 1.29 is 23.1 Å². The van der Waals surface area contributed by atoms with Gasteiger partial charge < -0.3 is 15.7 Å². The van der Waals surface area contributed by atoms with Crippen LogP contribution in [0.5, 0.6) is 0 Å². The highest BCUT2D eigenvalue weighted by molar-refractivity contribution is 7.90. The maximum absolute atomic E-state index is 11.7. The summed E-state index contributed by atoms with van der Waals surface area (Å²) in [5.74, 6) is -1.21. The molecule has 1 aliphatic carbocycles. The Bertz CT molecular complexity index is 454. The zero-order valence-electron chi connectivity index (χ0n) is 11.8. The molecule has 2 amide bonds. The molecule has 3 N–H and O–H groups in total. The molecule has 1 atom stereocenters. The van der Waals surface area contributed by atoms with Gasteiger partial charge in [0.1, 0.15) is 9.84 Å². The number of nitrogens with one attached hydrogen (secondary N) is 2. The summed E-state index contributed by atoms with van der Waals surface area (Å²) in [6, 6.07) is -0.906. The van der Waals surface area contributed by atoms with Crippen LogP contribution in [-0.2, 0) is 14.6 Å². The van der Waals surface area contributed by atoms with E-state index in [4.69, 9.17) is 5.11 Å². The predicted octanol–water partition coefficient (Wildman–Crippen LogP) is 0.362. The van der Waals surface area contributed by atoms with Crippen molar-refractivity contribution in [2.24, 2.45) is 5.92 Å². The highest BCUT2D eigenvalue weighted by Gasteiger charge is 2.26. The van der Waals surface area contributed by atoms with Gasteiger partial charge in [-0.25, -0.2) is 13.2 Å². The van der Waals surface area contributed by atoms with E-state index in [1.165, 1.54) is 0 Å². The maximum atomic E-state index is 11.7. The van der Waals surface area contributed by atoms with E-state index < -0.39 is 27.9 Å². The fourth-order valence-corrected chi connectivity index (χ4v) is 3.42. The van der Waals surface area contributed by atoms with Crippen molar-refractivity contribution >= 4 is 21.8 Å². The Morgan fingerprint density at radius 2 is 1.80 bits per heavy atom. The molecule has 1 unspecified atom stereocenters. The lowest BCUT2D eigenvalue weighted by Gasteiger charge is -2.27. The quantitative estimate of drug-likeness (QED) is 0.679. The number of rotatable bonds is 5. The number of carbonyl (C=O) groups is 2. The molecule has 0 saturated heterocycles. The summed E-state index contributed by atoms with van der Waals surface area (Å²) in [6.07, 6.45) is 3.49. The van der Waals surface area contributed by atoms with E-state index in [-0.39, 0.29) is 17.7 Å². The third-order valence-electron chi connectivity index (χ3n) is 3.34. The van der Waals surface area contributed by atoms with Gasteiger partial charge in [-0.1, -0.05) is 0 Å². The van der Waals surface area contributed by atoms with Gasteiger partial charge in [0, 0.05) is 18.3 Å². The smallest absolute Gasteiger partial charge is 0.315 e. The van der Waals surface area contributed by atoms with E-state index in [9.17, 15) is 18.0 Å². The topological polar surface area (TPSA) is 113 Å². The number of urea groups is 1. The van der Waals surface area contributed by atoms with E-state index in [0.717, 1.165) is 6.26 Å². The standard InChI is InChI=1S/C12H22N2O5S/c1-8(7-20(2,18)19)13-12(17)14-10-5-3-9(4-6-10)11(15)16/h8-10H,3-7H2,1-2H3,(H,15,16)(H2,13,14,17). The first-order valence-electron chi connectivity index (χ1n) is 6.65. The van der Waals surface area contributed by atoms with Crippen LogP contribution in [0.4, 0.5) is 4.79 Å². The Morgan fingerprint density at radius 1 is 1.25 bits per heavy atom. The van der Waals surface area contributed by atoms with Gasteiger partial charge in [-0.2, -0.15) is 0 Å². The fourth-order valence-electron chi connectivity index (χ4n) is 2.43. The van der Waals surface area contributed by atoms with Crippen molar-refractivity contribution in [1.82, 2.24) is 10.6 Å².